The van der Waals surface area contributed by atoms with Crippen LogP contribution in [0.4, 0.5) is 11.5 Å². The molecule has 27 heavy (non-hydrogen) atoms. The molecule has 142 valence electrons. The first-order valence-electron chi connectivity index (χ1n) is 8.67. The summed E-state index contributed by atoms with van der Waals surface area (Å²) >= 11 is 4.77. The lowest BCUT2D eigenvalue weighted by Gasteiger charge is -2.38. The van der Waals surface area contributed by atoms with E-state index in [0.29, 0.717) is 33.5 Å². The lowest BCUT2D eigenvalue weighted by molar-refractivity contribution is 0.102. The van der Waals surface area contributed by atoms with Crippen LogP contribution >= 0.6 is 27.3 Å². The molecule has 1 aliphatic heterocycles. The number of halogens is 1. The van der Waals surface area contributed by atoms with Crippen molar-refractivity contribution in [1.29, 1.82) is 0 Å². The van der Waals surface area contributed by atoms with Crippen LogP contribution in [0.25, 0.3) is 10.3 Å². The first-order chi connectivity index (χ1) is 12.9. The van der Waals surface area contributed by atoms with Crippen molar-refractivity contribution in [2.24, 2.45) is 7.05 Å². The topological polar surface area (TPSA) is 88.0 Å². The summed E-state index contributed by atoms with van der Waals surface area (Å²) in [6, 6.07) is 0.696. The maximum absolute atomic E-state index is 12.8. The van der Waals surface area contributed by atoms with E-state index >= 15 is 0 Å². The summed E-state index contributed by atoms with van der Waals surface area (Å²) in [5.41, 5.74) is 1.78. The molecule has 1 aliphatic rings. The number of rotatable bonds is 3. The highest BCUT2D eigenvalue weighted by atomic mass is 79.9. The van der Waals surface area contributed by atoms with Crippen LogP contribution in [-0.4, -0.2) is 50.8 Å². The summed E-state index contributed by atoms with van der Waals surface area (Å²) in [6.07, 6.45) is 3.55. The van der Waals surface area contributed by atoms with Crippen molar-refractivity contribution in [1.82, 2.24) is 25.1 Å². The largest absolute Gasteiger partial charge is 0.350 e. The number of piperazine rings is 1. The van der Waals surface area contributed by atoms with Crippen molar-refractivity contribution in [2.75, 3.05) is 23.3 Å². The Morgan fingerprint density at radius 3 is 3.00 bits per heavy atom. The van der Waals surface area contributed by atoms with Gasteiger partial charge in [-0.05, 0) is 29.8 Å². The first kappa shape index (κ1) is 18.3. The summed E-state index contributed by atoms with van der Waals surface area (Å²) in [6.45, 7) is 6.06. The SMILES string of the molecule is C[C@@H]1CN(c2cnc3scc(C(=O)Nc4cn(C)nc4Br)c3n2)[C@H](C)CN1. The maximum atomic E-state index is 12.8. The van der Waals surface area contributed by atoms with Crippen molar-refractivity contribution in [2.45, 2.75) is 25.9 Å². The third-order valence-electron chi connectivity index (χ3n) is 4.60. The van der Waals surface area contributed by atoms with Crippen LogP contribution in [-0.2, 0) is 7.05 Å². The first-order valence-corrected chi connectivity index (χ1v) is 10.3. The predicted octanol–water partition coefficient (Wildman–Crippen LogP) is 2.63. The molecule has 1 amide bonds. The van der Waals surface area contributed by atoms with Crippen molar-refractivity contribution in [3.63, 3.8) is 0 Å². The van der Waals surface area contributed by atoms with Gasteiger partial charge in [0.2, 0.25) is 0 Å². The third-order valence-corrected chi connectivity index (χ3v) is 6.07. The molecule has 0 radical (unpaired) electrons. The molecule has 3 aromatic rings. The van der Waals surface area contributed by atoms with E-state index in [-0.39, 0.29) is 5.91 Å². The Kier molecular flexibility index (Phi) is 4.87. The molecular formula is C17H20BrN7OS. The summed E-state index contributed by atoms with van der Waals surface area (Å²) < 4.78 is 2.23. The van der Waals surface area contributed by atoms with E-state index in [1.165, 1.54) is 11.3 Å². The Balaban J connectivity index is 1.65. The van der Waals surface area contributed by atoms with Gasteiger partial charge in [-0.25, -0.2) is 9.97 Å². The molecule has 1 saturated heterocycles. The second-order valence-electron chi connectivity index (χ2n) is 6.80. The zero-order chi connectivity index (χ0) is 19.1. The van der Waals surface area contributed by atoms with Gasteiger partial charge in [0.1, 0.15) is 16.2 Å². The molecule has 2 atom stereocenters. The van der Waals surface area contributed by atoms with Crippen LogP contribution in [0.15, 0.2) is 22.4 Å². The number of carbonyl (C=O) groups excluding carboxylic acids is 1. The lowest BCUT2D eigenvalue weighted by atomic mass is 10.1. The predicted molar refractivity (Wildman–Crippen MR) is 111 cm³/mol. The molecule has 0 unspecified atom stereocenters. The standard InChI is InChI=1S/C17H20BrN7OS/c1-9-6-25(10(2)4-19-9)13-5-20-17-14(22-13)11(8-27-17)16(26)21-12-7-24(3)23-15(12)18/h5,7-10,19H,4,6H2,1-3H3,(H,21,26)/t9-,10-/m1/s1. The number of amides is 1. The van der Waals surface area contributed by atoms with Gasteiger partial charge in [-0.2, -0.15) is 5.10 Å². The Labute approximate surface area is 169 Å². The minimum atomic E-state index is -0.219. The Morgan fingerprint density at radius 2 is 2.26 bits per heavy atom. The van der Waals surface area contributed by atoms with Gasteiger partial charge in [-0.1, -0.05) is 0 Å². The van der Waals surface area contributed by atoms with Gasteiger partial charge in [0.25, 0.3) is 5.91 Å². The minimum Gasteiger partial charge on any atom is -0.350 e. The number of nitrogens with zero attached hydrogens (tertiary/aromatic N) is 5. The zero-order valence-corrected chi connectivity index (χ0v) is 17.6. The van der Waals surface area contributed by atoms with Gasteiger partial charge in [-0.3, -0.25) is 9.48 Å². The number of nitrogens with one attached hydrogen (secondary N) is 2. The molecule has 8 nitrogen and oxygen atoms in total. The number of carbonyl (C=O) groups is 1. The molecule has 4 rings (SSSR count). The number of hydrogen-bond acceptors (Lipinski definition) is 7. The summed E-state index contributed by atoms with van der Waals surface area (Å²) in [5, 5.41) is 12.3. The van der Waals surface area contributed by atoms with Crippen molar-refractivity contribution < 1.29 is 4.79 Å². The lowest BCUT2D eigenvalue weighted by Crippen LogP contribution is -2.54. The minimum absolute atomic E-state index is 0.219. The molecular weight excluding hydrogens is 430 g/mol. The van der Waals surface area contributed by atoms with E-state index in [1.54, 1.807) is 29.5 Å². The third kappa shape index (κ3) is 3.56. The quantitative estimate of drug-likeness (QED) is 0.638. The summed E-state index contributed by atoms with van der Waals surface area (Å²) in [5.74, 6) is 0.585. The average Bonchev–Trinajstić information content (AvgIpc) is 3.19. The van der Waals surface area contributed by atoms with Crippen LogP contribution in [0.3, 0.4) is 0 Å². The number of hydrogen-bond donors (Lipinski definition) is 2. The highest BCUT2D eigenvalue weighted by Gasteiger charge is 2.25. The Morgan fingerprint density at radius 1 is 1.44 bits per heavy atom. The maximum Gasteiger partial charge on any atom is 0.258 e. The second kappa shape index (κ2) is 7.17. The van der Waals surface area contributed by atoms with E-state index in [4.69, 9.17) is 4.98 Å². The molecule has 0 bridgehead atoms. The Bertz CT molecular complexity index is 1000. The van der Waals surface area contributed by atoms with E-state index in [0.717, 1.165) is 23.7 Å². The van der Waals surface area contributed by atoms with E-state index in [9.17, 15) is 4.79 Å². The number of thiophene rings is 1. The van der Waals surface area contributed by atoms with Gasteiger partial charge < -0.3 is 15.5 Å². The number of aryl methyl sites for hydroxylation is 1. The number of aromatic nitrogens is 4. The smallest absolute Gasteiger partial charge is 0.258 e. The molecule has 4 heterocycles. The van der Waals surface area contributed by atoms with Crippen LogP contribution in [0.1, 0.15) is 24.2 Å². The average molecular weight is 450 g/mol. The molecule has 0 aromatic carbocycles. The van der Waals surface area contributed by atoms with Crippen LogP contribution < -0.4 is 15.5 Å². The van der Waals surface area contributed by atoms with Gasteiger partial charge >= 0.3 is 0 Å². The number of anilines is 2. The summed E-state index contributed by atoms with van der Waals surface area (Å²) in [7, 11) is 1.80. The molecule has 0 aliphatic carbocycles. The fourth-order valence-electron chi connectivity index (χ4n) is 3.18. The van der Waals surface area contributed by atoms with Crippen LogP contribution in [0, 0.1) is 0 Å². The van der Waals surface area contributed by atoms with Crippen molar-refractivity contribution in [3.05, 3.63) is 27.9 Å². The van der Waals surface area contributed by atoms with E-state index < -0.39 is 0 Å². The molecule has 10 heteroatoms. The van der Waals surface area contributed by atoms with Gasteiger partial charge in [0.05, 0.1) is 17.4 Å². The highest BCUT2D eigenvalue weighted by Crippen LogP contribution is 2.28. The van der Waals surface area contributed by atoms with Crippen LogP contribution in [0.5, 0.6) is 0 Å². The summed E-state index contributed by atoms with van der Waals surface area (Å²) in [4.78, 5) is 25.1. The fourth-order valence-corrected chi connectivity index (χ4v) is 4.46. The van der Waals surface area contributed by atoms with Gasteiger partial charge in [-0.15, -0.1) is 11.3 Å². The molecule has 2 N–H and O–H groups in total. The zero-order valence-electron chi connectivity index (χ0n) is 15.2. The molecule has 0 spiro atoms. The second-order valence-corrected chi connectivity index (χ2v) is 8.41. The van der Waals surface area contributed by atoms with Gasteiger partial charge in [0.15, 0.2) is 4.60 Å². The van der Waals surface area contributed by atoms with Crippen molar-refractivity contribution in [3.8, 4) is 0 Å². The van der Waals surface area contributed by atoms with Crippen molar-refractivity contribution >= 4 is 55.0 Å². The van der Waals surface area contributed by atoms with Crippen LogP contribution in [0.2, 0.25) is 0 Å². The Hall–Kier alpha value is -2.04. The highest BCUT2D eigenvalue weighted by molar-refractivity contribution is 9.10. The molecule has 0 saturated carbocycles. The monoisotopic (exact) mass is 449 g/mol. The van der Waals surface area contributed by atoms with E-state index in [1.807, 2.05) is 0 Å². The van der Waals surface area contributed by atoms with Gasteiger partial charge in [0, 0.05) is 43.8 Å². The number of fused-ring (bicyclic) bond motifs is 1. The fraction of sp³-hybridized carbons (Fsp3) is 0.412. The molecule has 1 fully saturated rings. The molecule has 3 aromatic heterocycles. The normalized spacial score (nSPS) is 20.2. The van der Waals surface area contributed by atoms with E-state index in [2.05, 4.69) is 55.4 Å².